The second-order valence-electron chi connectivity index (χ2n) is 8.55. The minimum atomic E-state index is -0.554. The van der Waals surface area contributed by atoms with Crippen molar-refractivity contribution < 1.29 is 7.86 Å². The van der Waals surface area contributed by atoms with E-state index in [1.165, 1.54) is 4.88 Å². The Morgan fingerprint density at radius 1 is 1.16 bits per heavy atom. The maximum absolute atomic E-state index is 13.0. The molecule has 1 atom stereocenters. The average molecular weight is 645 g/mol. The smallest absolute Gasteiger partial charge is 0.242 e. The monoisotopic (exact) mass is 644 g/mol. The van der Waals surface area contributed by atoms with Crippen LogP contribution in [0.1, 0.15) is 51.2 Å². The summed E-state index contributed by atoms with van der Waals surface area (Å²) >= 11 is 9.66. The molecule has 37 heavy (non-hydrogen) atoms. The van der Waals surface area contributed by atoms with Gasteiger partial charge in [0.25, 0.3) is 0 Å². The lowest BCUT2D eigenvalue weighted by Gasteiger charge is -2.12. The molecular formula is C26H22ClIN6O2S. The summed E-state index contributed by atoms with van der Waals surface area (Å²) in [6, 6.07) is 14.4. The van der Waals surface area contributed by atoms with Gasteiger partial charge in [-0.25, -0.2) is 5.43 Å². The van der Waals surface area contributed by atoms with Gasteiger partial charge in [-0.15, -0.1) is 21.5 Å². The SMILES string of the molecule is Cc1sc2c(c1C)C(c1ccc(Cl)cc1)=N[C@@H](CC(=O)N/N=C/c1ccc(OI)cc1)c1nnc(C)n1-2. The number of aliphatic imine (C=N–C) groups is 1. The largest absolute Gasteiger partial charge is 0.428 e. The number of hydrogen-bond donors (Lipinski definition) is 1. The Morgan fingerprint density at radius 2 is 1.89 bits per heavy atom. The van der Waals surface area contributed by atoms with E-state index in [1.54, 1.807) is 17.6 Å². The van der Waals surface area contributed by atoms with E-state index in [2.05, 4.69) is 34.6 Å². The summed E-state index contributed by atoms with van der Waals surface area (Å²) in [5.74, 6) is 1.82. The van der Waals surface area contributed by atoms with Gasteiger partial charge in [0.05, 0.1) is 18.3 Å². The molecule has 0 fully saturated rings. The fraction of sp³-hybridized carbons (Fsp3) is 0.192. The van der Waals surface area contributed by atoms with Crippen LogP contribution in [0, 0.1) is 20.8 Å². The summed E-state index contributed by atoms with van der Waals surface area (Å²) in [6.07, 6.45) is 1.64. The summed E-state index contributed by atoms with van der Waals surface area (Å²) in [6.45, 7) is 6.10. The van der Waals surface area contributed by atoms with Crippen LogP contribution in [-0.4, -0.2) is 32.6 Å². The number of fused-ring (bicyclic) bond motifs is 3. The average Bonchev–Trinajstić information content (AvgIpc) is 3.37. The van der Waals surface area contributed by atoms with Gasteiger partial charge in [-0.1, -0.05) is 23.7 Å². The Hall–Kier alpha value is -3.09. The molecule has 188 valence electrons. The van der Waals surface area contributed by atoms with Crippen molar-refractivity contribution in [2.75, 3.05) is 0 Å². The first-order valence-corrected chi connectivity index (χ1v) is 13.5. The summed E-state index contributed by atoms with van der Waals surface area (Å²) in [7, 11) is 0. The Morgan fingerprint density at radius 3 is 2.59 bits per heavy atom. The van der Waals surface area contributed by atoms with Gasteiger partial charge in [0.1, 0.15) is 22.6 Å². The fourth-order valence-electron chi connectivity index (χ4n) is 4.14. The Balaban J connectivity index is 1.49. The number of benzene rings is 2. The second-order valence-corrected chi connectivity index (χ2v) is 10.6. The van der Waals surface area contributed by atoms with Gasteiger partial charge in [0.2, 0.25) is 5.91 Å². The number of thiophene rings is 1. The topological polar surface area (TPSA) is 93.8 Å². The van der Waals surface area contributed by atoms with Crippen molar-refractivity contribution in [2.45, 2.75) is 33.2 Å². The van der Waals surface area contributed by atoms with Crippen molar-refractivity contribution in [2.24, 2.45) is 10.1 Å². The maximum atomic E-state index is 13.0. The summed E-state index contributed by atoms with van der Waals surface area (Å²) in [5.41, 5.74) is 7.34. The lowest BCUT2D eigenvalue weighted by molar-refractivity contribution is -0.121. The molecule has 4 aromatic rings. The van der Waals surface area contributed by atoms with Gasteiger partial charge in [-0.2, -0.15) is 5.10 Å². The van der Waals surface area contributed by atoms with E-state index in [9.17, 15) is 4.79 Å². The molecule has 1 aliphatic heterocycles. The molecule has 0 saturated carbocycles. The summed E-state index contributed by atoms with van der Waals surface area (Å²) in [4.78, 5) is 19.3. The highest BCUT2D eigenvalue weighted by atomic mass is 127. The zero-order valence-corrected chi connectivity index (χ0v) is 23.9. The normalized spacial score (nSPS) is 14.6. The molecule has 0 spiro atoms. The Kier molecular flexibility index (Phi) is 7.40. The van der Waals surface area contributed by atoms with E-state index >= 15 is 0 Å². The molecule has 0 aliphatic carbocycles. The van der Waals surface area contributed by atoms with E-state index in [0.717, 1.165) is 44.5 Å². The van der Waals surface area contributed by atoms with Gasteiger partial charge in [-0.3, -0.25) is 14.4 Å². The standard InChI is InChI=1S/C26H22ClIN6O2S/c1-14-15(2)37-26-23(14)24(18-6-8-19(27)9-7-18)30-21(25-33-31-16(3)34(25)26)12-22(35)32-29-13-17-4-10-20(36-28)11-5-17/h4-11,13,21H,12H2,1-3H3,(H,32,35)/b29-13+/t21-/m0/s1. The van der Waals surface area contributed by atoms with Gasteiger partial charge in [-0.05, 0) is 68.3 Å². The second kappa shape index (κ2) is 10.7. The zero-order valence-electron chi connectivity index (χ0n) is 20.2. The quantitative estimate of drug-likeness (QED) is 0.157. The van der Waals surface area contributed by atoms with Crippen molar-refractivity contribution in [3.63, 3.8) is 0 Å². The van der Waals surface area contributed by atoms with E-state index in [1.807, 2.05) is 83.0 Å². The van der Waals surface area contributed by atoms with Gasteiger partial charge < -0.3 is 3.07 Å². The van der Waals surface area contributed by atoms with Gasteiger partial charge >= 0.3 is 0 Å². The zero-order chi connectivity index (χ0) is 26.1. The molecule has 1 N–H and O–H groups in total. The first-order chi connectivity index (χ1) is 17.9. The number of aromatic nitrogens is 3. The van der Waals surface area contributed by atoms with E-state index in [4.69, 9.17) is 19.7 Å². The van der Waals surface area contributed by atoms with Crippen LogP contribution in [0.25, 0.3) is 5.00 Å². The number of rotatable bonds is 6. The van der Waals surface area contributed by atoms with Crippen molar-refractivity contribution in [3.05, 3.63) is 92.3 Å². The molecule has 0 unspecified atom stereocenters. The molecule has 1 aliphatic rings. The fourth-order valence-corrected chi connectivity index (χ4v) is 5.77. The highest BCUT2D eigenvalue weighted by molar-refractivity contribution is 14.1. The van der Waals surface area contributed by atoms with Crippen LogP contribution in [0.2, 0.25) is 5.02 Å². The molecule has 8 nitrogen and oxygen atoms in total. The molecular weight excluding hydrogens is 623 g/mol. The number of nitrogens with zero attached hydrogens (tertiary/aromatic N) is 5. The first kappa shape index (κ1) is 25.6. The third-order valence-corrected chi connectivity index (χ3v) is 8.06. The number of hydrogen-bond acceptors (Lipinski definition) is 7. The molecule has 2 aromatic heterocycles. The van der Waals surface area contributed by atoms with E-state index < -0.39 is 6.04 Å². The summed E-state index contributed by atoms with van der Waals surface area (Å²) in [5, 5.41) is 14.5. The van der Waals surface area contributed by atoms with Crippen LogP contribution in [-0.2, 0) is 4.79 Å². The maximum Gasteiger partial charge on any atom is 0.242 e. The van der Waals surface area contributed by atoms with Crippen molar-refractivity contribution in [3.8, 4) is 10.8 Å². The predicted octanol–water partition coefficient (Wildman–Crippen LogP) is 6.07. The number of aryl methyl sites for hydroxylation is 2. The molecule has 5 rings (SSSR count). The highest BCUT2D eigenvalue weighted by Crippen LogP contribution is 2.39. The van der Waals surface area contributed by atoms with Crippen molar-refractivity contribution in [1.29, 1.82) is 0 Å². The van der Waals surface area contributed by atoms with E-state index in [0.29, 0.717) is 10.8 Å². The molecule has 0 bridgehead atoms. The van der Waals surface area contributed by atoms with E-state index in [-0.39, 0.29) is 12.3 Å². The number of carbonyl (C=O) groups is 1. The third-order valence-electron chi connectivity index (χ3n) is 6.11. The van der Waals surface area contributed by atoms with Crippen LogP contribution in [0.5, 0.6) is 5.75 Å². The van der Waals surface area contributed by atoms with Crippen LogP contribution in [0.3, 0.4) is 0 Å². The lowest BCUT2D eigenvalue weighted by Crippen LogP contribution is -2.21. The number of hydrazone groups is 1. The van der Waals surface area contributed by atoms with Crippen LogP contribution in [0.4, 0.5) is 0 Å². The number of amides is 1. The summed E-state index contributed by atoms with van der Waals surface area (Å²) < 4.78 is 7.16. The van der Waals surface area contributed by atoms with Crippen molar-refractivity contribution >= 4 is 63.8 Å². The molecule has 3 heterocycles. The minimum absolute atomic E-state index is 0.0567. The van der Waals surface area contributed by atoms with Gasteiger partial charge in [0, 0.05) is 21.0 Å². The Labute approximate surface area is 237 Å². The molecule has 2 aromatic carbocycles. The molecule has 1 amide bonds. The van der Waals surface area contributed by atoms with Gasteiger partial charge in [0.15, 0.2) is 28.8 Å². The number of halogens is 2. The Bertz CT molecular complexity index is 1530. The van der Waals surface area contributed by atoms with Crippen LogP contribution >= 0.6 is 45.9 Å². The van der Waals surface area contributed by atoms with Crippen molar-refractivity contribution in [1.82, 2.24) is 20.2 Å². The number of carbonyl (C=O) groups excluding carboxylic acids is 1. The third kappa shape index (κ3) is 5.18. The van der Waals surface area contributed by atoms with Crippen LogP contribution in [0.15, 0.2) is 58.6 Å². The highest BCUT2D eigenvalue weighted by Gasteiger charge is 2.32. The predicted molar refractivity (Wildman–Crippen MR) is 155 cm³/mol. The lowest BCUT2D eigenvalue weighted by atomic mass is 9.99. The minimum Gasteiger partial charge on any atom is -0.428 e. The molecule has 0 saturated heterocycles. The number of nitrogens with one attached hydrogen (secondary N) is 1. The van der Waals surface area contributed by atoms with Crippen LogP contribution < -0.4 is 8.49 Å². The molecule has 11 heteroatoms. The first-order valence-electron chi connectivity index (χ1n) is 11.4. The molecule has 0 radical (unpaired) electrons.